The number of hydrogen-bond acceptors (Lipinski definition) is 4. The molecule has 5 nitrogen and oxygen atoms in total. The van der Waals surface area contributed by atoms with Gasteiger partial charge in [-0.3, -0.25) is 5.10 Å². The van der Waals surface area contributed by atoms with Crippen LogP contribution in [0.4, 0.5) is 19.0 Å². The van der Waals surface area contributed by atoms with Gasteiger partial charge in [0.2, 0.25) is 0 Å². The first-order valence-electron chi connectivity index (χ1n) is 7.57. The minimum atomic E-state index is -4.39. The van der Waals surface area contributed by atoms with Crippen LogP contribution < -0.4 is 5.73 Å². The number of esters is 1. The lowest BCUT2D eigenvalue weighted by atomic mass is 10.1. The van der Waals surface area contributed by atoms with Crippen molar-refractivity contribution >= 4 is 11.8 Å². The summed E-state index contributed by atoms with van der Waals surface area (Å²) in [5.41, 5.74) is 7.11. The first-order valence-corrected chi connectivity index (χ1v) is 7.57. The molecule has 3 aromatic rings. The van der Waals surface area contributed by atoms with Crippen molar-refractivity contribution in [1.29, 1.82) is 0 Å². The zero-order valence-corrected chi connectivity index (χ0v) is 13.4. The second-order valence-corrected chi connectivity index (χ2v) is 5.55. The van der Waals surface area contributed by atoms with Crippen molar-refractivity contribution in [3.63, 3.8) is 0 Å². The third kappa shape index (κ3) is 4.02. The van der Waals surface area contributed by atoms with E-state index in [4.69, 9.17) is 10.5 Å². The van der Waals surface area contributed by atoms with Crippen LogP contribution in [0.5, 0.6) is 0 Å². The van der Waals surface area contributed by atoms with E-state index in [9.17, 15) is 18.0 Å². The van der Waals surface area contributed by atoms with Crippen LogP contribution in [0.25, 0.3) is 11.3 Å². The maximum absolute atomic E-state index is 12.5. The second-order valence-electron chi connectivity index (χ2n) is 5.55. The number of carbonyl (C=O) groups is 1. The highest BCUT2D eigenvalue weighted by Crippen LogP contribution is 2.29. The molecule has 26 heavy (non-hydrogen) atoms. The quantitative estimate of drug-likeness (QED) is 0.688. The highest BCUT2D eigenvalue weighted by atomic mass is 19.4. The number of nitrogens with two attached hydrogens (primary N) is 1. The topological polar surface area (TPSA) is 81.0 Å². The van der Waals surface area contributed by atoms with Gasteiger partial charge >= 0.3 is 12.1 Å². The molecular formula is C18H14F3N3O2. The van der Waals surface area contributed by atoms with Gasteiger partial charge in [0.05, 0.1) is 16.8 Å². The monoisotopic (exact) mass is 361 g/mol. The molecule has 8 heteroatoms. The van der Waals surface area contributed by atoms with E-state index < -0.39 is 17.7 Å². The van der Waals surface area contributed by atoms with Gasteiger partial charge in [-0.25, -0.2) is 4.79 Å². The highest BCUT2D eigenvalue weighted by molar-refractivity contribution is 5.90. The van der Waals surface area contributed by atoms with Crippen molar-refractivity contribution in [2.24, 2.45) is 0 Å². The highest BCUT2D eigenvalue weighted by Gasteiger charge is 2.29. The standard InChI is InChI=1S/C18H14F3N3O2/c19-18(20,21)14-7-1-11(2-8-14)10-26-17(25)13-5-3-12(4-6-13)15-9-16(22)24-23-15/h1-9H,10H2,(H3,22,23,24). The summed E-state index contributed by atoms with van der Waals surface area (Å²) >= 11 is 0. The number of alkyl halides is 3. The summed E-state index contributed by atoms with van der Waals surface area (Å²) < 4.78 is 42.7. The van der Waals surface area contributed by atoms with E-state index in [1.54, 1.807) is 30.3 Å². The van der Waals surface area contributed by atoms with Crippen molar-refractivity contribution in [3.8, 4) is 11.3 Å². The third-order valence-corrected chi connectivity index (χ3v) is 3.68. The molecule has 1 aromatic heterocycles. The Labute approximate surface area is 146 Å². The van der Waals surface area contributed by atoms with Crippen molar-refractivity contribution < 1.29 is 22.7 Å². The maximum Gasteiger partial charge on any atom is 0.416 e. The number of halogens is 3. The molecule has 0 aliphatic carbocycles. The van der Waals surface area contributed by atoms with Gasteiger partial charge in [-0.15, -0.1) is 0 Å². The van der Waals surface area contributed by atoms with Gasteiger partial charge < -0.3 is 10.5 Å². The number of H-pyrrole nitrogens is 1. The lowest BCUT2D eigenvalue weighted by Crippen LogP contribution is -2.07. The predicted octanol–water partition coefficient (Wildman–Crippen LogP) is 4.03. The molecule has 0 unspecified atom stereocenters. The molecule has 0 saturated heterocycles. The summed E-state index contributed by atoms with van der Waals surface area (Å²) in [6.07, 6.45) is -4.39. The summed E-state index contributed by atoms with van der Waals surface area (Å²) in [5.74, 6) is -0.208. The number of aromatic amines is 1. The number of ether oxygens (including phenoxy) is 1. The molecule has 0 atom stereocenters. The van der Waals surface area contributed by atoms with Crippen molar-refractivity contribution in [2.75, 3.05) is 5.73 Å². The third-order valence-electron chi connectivity index (χ3n) is 3.68. The lowest BCUT2D eigenvalue weighted by Gasteiger charge is -2.08. The first-order chi connectivity index (χ1) is 12.3. The van der Waals surface area contributed by atoms with Crippen molar-refractivity contribution in [1.82, 2.24) is 10.2 Å². The molecule has 0 spiro atoms. The summed E-state index contributed by atoms with van der Waals surface area (Å²) in [6.45, 7) is -0.115. The van der Waals surface area contributed by atoms with Crippen LogP contribution in [0, 0.1) is 0 Å². The summed E-state index contributed by atoms with van der Waals surface area (Å²) in [4.78, 5) is 12.1. The number of rotatable bonds is 4. The van der Waals surface area contributed by atoms with Gasteiger partial charge in [0.25, 0.3) is 0 Å². The molecular weight excluding hydrogens is 347 g/mol. The average molecular weight is 361 g/mol. The molecule has 0 saturated carbocycles. The van der Waals surface area contributed by atoms with E-state index in [0.717, 1.165) is 17.7 Å². The summed E-state index contributed by atoms with van der Waals surface area (Å²) in [5, 5.41) is 6.59. The van der Waals surface area contributed by atoms with Crippen LogP contribution in [0.2, 0.25) is 0 Å². The molecule has 3 rings (SSSR count). The Bertz CT molecular complexity index is 901. The molecule has 0 amide bonds. The SMILES string of the molecule is Nc1cc(-c2ccc(C(=O)OCc3ccc(C(F)(F)F)cc3)cc2)[nH]n1. The Kier molecular flexibility index (Phi) is 4.66. The number of hydrogen-bond donors (Lipinski definition) is 2. The van der Waals surface area contributed by atoms with Crippen molar-refractivity contribution in [2.45, 2.75) is 12.8 Å². The molecule has 1 heterocycles. The van der Waals surface area contributed by atoms with E-state index in [1.807, 2.05) is 0 Å². The summed E-state index contributed by atoms with van der Waals surface area (Å²) in [6, 6.07) is 12.7. The Balaban J connectivity index is 1.61. The Morgan fingerprint density at radius 3 is 2.27 bits per heavy atom. The van der Waals surface area contributed by atoms with E-state index in [0.29, 0.717) is 22.6 Å². The van der Waals surface area contributed by atoms with Crippen LogP contribution in [0.3, 0.4) is 0 Å². The maximum atomic E-state index is 12.5. The molecule has 2 aromatic carbocycles. The zero-order chi connectivity index (χ0) is 18.7. The first kappa shape index (κ1) is 17.5. The van der Waals surface area contributed by atoms with Gasteiger partial charge in [0.15, 0.2) is 0 Å². The molecule has 0 radical (unpaired) electrons. The number of aromatic nitrogens is 2. The number of benzene rings is 2. The minimum absolute atomic E-state index is 0.115. The van der Waals surface area contributed by atoms with E-state index in [2.05, 4.69) is 10.2 Å². The van der Waals surface area contributed by atoms with Crippen LogP contribution in [-0.2, 0) is 17.5 Å². The zero-order valence-electron chi connectivity index (χ0n) is 13.4. The van der Waals surface area contributed by atoms with Crippen molar-refractivity contribution in [3.05, 3.63) is 71.3 Å². The number of nitrogen functional groups attached to an aromatic ring is 1. The molecule has 134 valence electrons. The van der Waals surface area contributed by atoms with Gasteiger partial charge in [-0.05, 0) is 35.4 Å². The Morgan fingerprint density at radius 1 is 1.08 bits per heavy atom. The molecule has 0 aliphatic heterocycles. The van der Waals surface area contributed by atoms with Gasteiger partial charge in [0, 0.05) is 6.07 Å². The number of anilines is 1. The van der Waals surface area contributed by atoms with Gasteiger partial charge in [0.1, 0.15) is 12.4 Å². The smallest absolute Gasteiger partial charge is 0.416 e. The number of carbonyl (C=O) groups excluding carboxylic acids is 1. The van der Waals surface area contributed by atoms with E-state index >= 15 is 0 Å². The molecule has 0 bridgehead atoms. The fraction of sp³-hybridized carbons (Fsp3) is 0.111. The fourth-order valence-electron chi connectivity index (χ4n) is 2.29. The van der Waals surface area contributed by atoms with Crippen LogP contribution >= 0.6 is 0 Å². The van der Waals surface area contributed by atoms with Crippen LogP contribution in [0.1, 0.15) is 21.5 Å². The fourth-order valence-corrected chi connectivity index (χ4v) is 2.29. The lowest BCUT2D eigenvalue weighted by molar-refractivity contribution is -0.137. The van der Waals surface area contributed by atoms with Gasteiger partial charge in [-0.2, -0.15) is 18.3 Å². The number of nitrogens with zero attached hydrogens (tertiary/aromatic N) is 1. The Morgan fingerprint density at radius 2 is 1.73 bits per heavy atom. The number of nitrogens with one attached hydrogen (secondary N) is 1. The second kappa shape index (κ2) is 6.91. The van der Waals surface area contributed by atoms with Crippen LogP contribution in [0.15, 0.2) is 54.6 Å². The largest absolute Gasteiger partial charge is 0.457 e. The van der Waals surface area contributed by atoms with Gasteiger partial charge in [-0.1, -0.05) is 24.3 Å². The molecule has 3 N–H and O–H groups in total. The molecule has 0 aliphatic rings. The normalized spacial score (nSPS) is 11.3. The predicted molar refractivity (Wildman–Crippen MR) is 89.0 cm³/mol. The molecule has 0 fully saturated rings. The average Bonchev–Trinajstić information content (AvgIpc) is 3.06. The van der Waals surface area contributed by atoms with E-state index in [1.165, 1.54) is 12.1 Å². The summed E-state index contributed by atoms with van der Waals surface area (Å²) in [7, 11) is 0. The minimum Gasteiger partial charge on any atom is -0.457 e. The van der Waals surface area contributed by atoms with Crippen LogP contribution in [-0.4, -0.2) is 16.2 Å². The Hall–Kier alpha value is -3.29. The van der Waals surface area contributed by atoms with E-state index in [-0.39, 0.29) is 6.61 Å².